The Morgan fingerprint density at radius 3 is 2.58 bits per heavy atom. The molecule has 1 aliphatic carbocycles. The van der Waals surface area contributed by atoms with Crippen LogP contribution in [0.15, 0.2) is 24.3 Å². The monoisotopic (exact) mass is 262 g/mol. The van der Waals surface area contributed by atoms with E-state index in [-0.39, 0.29) is 11.4 Å². The molecule has 1 aliphatic rings. The van der Waals surface area contributed by atoms with E-state index < -0.39 is 0 Å². The van der Waals surface area contributed by atoms with Gasteiger partial charge in [0.25, 0.3) is 0 Å². The average molecular weight is 262 g/mol. The van der Waals surface area contributed by atoms with E-state index in [4.69, 9.17) is 4.74 Å². The van der Waals surface area contributed by atoms with E-state index in [2.05, 4.69) is 11.4 Å². The maximum Gasteiger partial charge on any atom is 0.316 e. The van der Waals surface area contributed by atoms with Crippen LogP contribution in [-0.4, -0.2) is 38.7 Å². The molecule has 0 bridgehead atoms. The number of para-hydroxylation sites is 1. The van der Waals surface area contributed by atoms with Crippen LogP contribution < -0.4 is 10.1 Å². The van der Waals surface area contributed by atoms with Gasteiger partial charge < -0.3 is 15.0 Å². The summed E-state index contributed by atoms with van der Waals surface area (Å²) < 4.78 is 5.46. The topological polar surface area (TPSA) is 41.6 Å². The lowest BCUT2D eigenvalue weighted by Gasteiger charge is -2.43. The summed E-state index contributed by atoms with van der Waals surface area (Å²) in [5, 5.41) is 3.01. The van der Waals surface area contributed by atoms with Gasteiger partial charge >= 0.3 is 6.03 Å². The van der Waals surface area contributed by atoms with Crippen LogP contribution >= 0.6 is 0 Å². The molecule has 104 valence electrons. The van der Waals surface area contributed by atoms with Crippen LogP contribution in [0, 0.1) is 0 Å². The van der Waals surface area contributed by atoms with Gasteiger partial charge in [0, 0.05) is 31.6 Å². The molecule has 4 nitrogen and oxygen atoms in total. The number of benzene rings is 1. The summed E-state index contributed by atoms with van der Waals surface area (Å²) in [6, 6.07) is 8.07. The molecule has 1 aromatic carbocycles. The highest BCUT2D eigenvalue weighted by atomic mass is 16.5. The number of amides is 2. The van der Waals surface area contributed by atoms with Crippen LogP contribution in [-0.2, 0) is 5.41 Å². The minimum absolute atomic E-state index is 0.0400. The Hall–Kier alpha value is -1.71. The van der Waals surface area contributed by atoms with Gasteiger partial charge in [-0.3, -0.25) is 0 Å². The summed E-state index contributed by atoms with van der Waals surface area (Å²) in [7, 11) is 5.21. The number of carbonyl (C=O) groups excluding carboxylic acids is 1. The zero-order valence-electron chi connectivity index (χ0n) is 11.9. The largest absolute Gasteiger partial charge is 0.496 e. The number of urea groups is 1. The van der Waals surface area contributed by atoms with Crippen molar-refractivity contribution in [2.45, 2.75) is 24.7 Å². The summed E-state index contributed by atoms with van der Waals surface area (Å²) in [6.45, 7) is 0.671. The van der Waals surface area contributed by atoms with Gasteiger partial charge in [-0.2, -0.15) is 0 Å². The van der Waals surface area contributed by atoms with E-state index in [1.807, 2.05) is 18.2 Å². The Morgan fingerprint density at radius 2 is 2.05 bits per heavy atom. The van der Waals surface area contributed by atoms with Crippen molar-refractivity contribution < 1.29 is 9.53 Å². The second-order valence-electron chi connectivity index (χ2n) is 5.39. The lowest BCUT2D eigenvalue weighted by atomic mass is 9.64. The molecule has 0 atom stereocenters. The summed E-state index contributed by atoms with van der Waals surface area (Å²) in [5.74, 6) is 0.918. The molecule has 19 heavy (non-hydrogen) atoms. The summed E-state index contributed by atoms with van der Waals surface area (Å²) in [5.41, 5.74) is 1.25. The van der Waals surface area contributed by atoms with E-state index >= 15 is 0 Å². The number of ether oxygens (including phenoxy) is 1. The van der Waals surface area contributed by atoms with Gasteiger partial charge in [-0.15, -0.1) is 0 Å². The van der Waals surface area contributed by atoms with Crippen LogP contribution in [0.3, 0.4) is 0 Å². The standard InChI is InChI=1S/C15H22N2O2/c1-17(2)14(18)16-11-15(9-6-10-15)12-7-4-5-8-13(12)19-3/h4-5,7-8H,6,9-11H2,1-3H3,(H,16,18). The van der Waals surface area contributed by atoms with Crippen molar-refractivity contribution in [1.82, 2.24) is 10.2 Å². The van der Waals surface area contributed by atoms with E-state index in [9.17, 15) is 4.79 Å². The van der Waals surface area contributed by atoms with Gasteiger partial charge in [0.1, 0.15) is 5.75 Å². The van der Waals surface area contributed by atoms with Crippen LogP contribution in [0.5, 0.6) is 5.75 Å². The third kappa shape index (κ3) is 2.67. The fourth-order valence-electron chi connectivity index (χ4n) is 2.63. The highest BCUT2D eigenvalue weighted by Crippen LogP contribution is 2.46. The number of nitrogens with zero attached hydrogens (tertiary/aromatic N) is 1. The molecule has 4 heteroatoms. The third-order valence-corrected chi connectivity index (χ3v) is 3.97. The van der Waals surface area contributed by atoms with E-state index in [1.165, 1.54) is 12.0 Å². The molecular weight excluding hydrogens is 240 g/mol. The Labute approximate surface area is 114 Å². The van der Waals surface area contributed by atoms with Gasteiger partial charge in [0.15, 0.2) is 0 Å². The van der Waals surface area contributed by atoms with Crippen molar-refractivity contribution in [3.8, 4) is 5.75 Å². The molecule has 2 rings (SSSR count). The molecule has 0 saturated heterocycles. The number of methoxy groups -OCH3 is 1. The summed E-state index contributed by atoms with van der Waals surface area (Å²) in [4.78, 5) is 13.3. The summed E-state index contributed by atoms with van der Waals surface area (Å²) in [6.07, 6.45) is 3.40. The zero-order chi connectivity index (χ0) is 13.9. The molecule has 0 spiro atoms. The molecule has 0 radical (unpaired) electrons. The smallest absolute Gasteiger partial charge is 0.316 e. The summed E-state index contributed by atoms with van der Waals surface area (Å²) >= 11 is 0. The Kier molecular flexibility index (Phi) is 3.98. The number of nitrogens with one attached hydrogen (secondary N) is 1. The number of hydrogen-bond acceptors (Lipinski definition) is 2. The maximum atomic E-state index is 11.7. The molecule has 1 N–H and O–H groups in total. The van der Waals surface area contributed by atoms with Crippen LogP contribution in [0.1, 0.15) is 24.8 Å². The molecule has 1 fully saturated rings. The number of rotatable bonds is 4. The van der Waals surface area contributed by atoms with Crippen molar-refractivity contribution >= 4 is 6.03 Å². The highest BCUT2D eigenvalue weighted by molar-refractivity contribution is 5.73. The molecule has 0 aliphatic heterocycles. The Balaban J connectivity index is 2.16. The third-order valence-electron chi connectivity index (χ3n) is 3.97. The van der Waals surface area contributed by atoms with Crippen molar-refractivity contribution in [3.05, 3.63) is 29.8 Å². The lowest BCUT2D eigenvalue weighted by Crippen LogP contribution is -2.48. The van der Waals surface area contributed by atoms with E-state index in [0.717, 1.165) is 18.6 Å². The van der Waals surface area contributed by atoms with Gasteiger partial charge in [-0.1, -0.05) is 24.6 Å². The van der Waals surface area contributed by atoms with Crippen LogP contribution in [0.4, 0.5) is 4.79 Å². The molecule has 2 amide bonds. The number of carbonyl (C=O) groups is 1. The van der Waals surface area contributed by atoms with Crippen molar-refractivity contribution in [3.63, 3.8) is 0 Å². The van der Waals surface area contributed by atoms with Crippen LogP contribution in [0.2, 0.25) is 0 Å². The second-order valence-corrected chi connectivity index (χ2v) is 5.39. The van der Waals surface area contributed by atoms with Gasteiger partial charge in [-0.05, 0) is 18.9 Å². The number of hydrogen-bond donors (Lipinski definition) is 1. The van der Waals surface area contributed by atoms with Crippen molar-refractivity contribution in [2.75, 3.05) is 27.7 Å². The molecule has 0 aromatic heterocycles. The van der Waals surface area contributed by atoms with Crippen molar-refractivity contribution in [2.24, 2.45) is 0 Å². The SMILES string of the molecule is COc1ccccc1C1(CNC(=O)N(C)C)CCC1. The molecule has 1 saturated carbocycles. The fourth-order valence-corrected chi connectivity index (χ4v) is 2.63. The average Bonchev–Trinajstić information content (AvgIpc) is 2.37. The molecule has 1 aromatic rings. The first kappa shape index (κ1) is 13.7. The predicted octanol–water partition coefficient (Wildman–Crippen LogP) is 2.39. The second kappa shape index (κ2) is 5.51. The quantitative estimate of drug-likeness (QED) is 0.905. The normalized spacial score (nSPS) is 16.4. The van der Waals surface area contributed by atoms with Crippen molar-refractivity contribution in [1.29, 1.82) is 0 Å². The predicted molar refractivity (Wildman–Crippen MR) is 75.6 cm³/mol. The van der Waals surface area contributed by atoms with E-state index in [1.54, 1.807) is 26.1 Å². The first-order valence-electron chi connectivity index (χ1n) is 6.68. The van der Waals surface area contributed by atoms with E-state index in [0.29, 0.717) is 6.54 Å². The maximum absolute atomic E-state index is 11.7. The molecule has 0 unspecified atom stereocenters. The first-order valence-corrected chi connectivity index (χ1v) is 6.68. The van der Waals surface area contributed by atoms with Gasteiger partial charge in [-0.25, -0.2) is 4.79 Å². The minimum atomic E-state index is -0.0406. The molecule has 0 heterocycles. The highest BCUT2D eigenvalue weighted by Gasteiger charge is 2.40. The molecular formula is C15H22N2O2. The lowest BCUT2D eigenvalue weighted by molar-refractivity contribution is 0.196. The minimum Gasteiger partial charge on any atom is -0.496 e. The van der Waals surface area contributed by atoms with Gasteiger partial charge in [0.2, 0.25) is 0 Å². The van der Waals surface area contributed by atoms with Crippen LogP contribution in [0.25, 0.3) is 0 Å². The van der Waals surface area contributed by atoms with Gasteiger partial charge in [0.05, 0.1) is 7.11 Å². The Morgan fingerprint density at radius 1 is 1.37 bits per heavy atom. The fraction of sp³-hybridized carbons (Fsp3) is 0.533. The Bertz CT molecular complexity index is 453. The first-order chi connectivity index (χ1) is 9.09. The zero-order valence-corrected chi connectivity index (χ0v) is 11.9.